The Morgan fingerprint density at radius 3 is 2.02 bits per heavy atom. The van der Waals surface area contributed by atoms with Crippen molar-refractivity contribution in [3.8, 4) is 11.5 Å². The molecule has 212 valence electrons. The number of urea groups is 1. The van der Waals surface area contributed by atoms with Crippen molar-refractivity contribution < 1.29 is 24.3 Å². The summed E-state index contributed by atoms with van der Waals surface area (Å²) in [6, 6.07) is 26.1. The SMILES string of the molecule is CCCCN(CC(=O)NO)C(=O)CN(CCCCc1ccccc1)C(=O)Nc1ccc(Oc2ccccc2)cc1. The Bertz CT molecular complexity index is 1190. The molecular weight excluding hydrogens is 508 g/mol. The van der Waals surface area contributed by atoms with Gasteiger partial charge in [-0.1, -0.05) is 61.9 Å². The molecule has 0 saturated carbocycles. The van der Waals surface area contributed by atoms with Gasteiger partial charge in [-0.05, 0) is 67.6 Å². The maximum Gasteiger partial charge on any atom is 0.322 e. The lowest BCUT2D eigenvalue weighted by Crippen LogP contribution is -2.47. The molecular formula is C31H38N4O5. The molecule has 3 rings (SSSR count). The number of hydroxylamine groups is 1. The molecule has 0 radical (unpaired) electrons. The Morgan fingerprint density at radius 1 is 0.750 bits per heavy atom. The van der Waals surface area contributed by atoms with Crippen LogP contribution in [0.3, 0.4) is 0 Å². The molecule has 0 fully saturated rings. The number of hydrogen-bond donors (Lipinski definition) is 3. The smallest absolute Gasteiger partial charge is 0.322 e. The number of ether oxygens (including phenoxy) is 1. The van der Waals surface area contributed by atoms with Gasteiger partial charge in [-0.25, -0.2) is 10.3 Å². The van der Waals surface area contributed by atoms with E-state index in [4.69, 9.17) is 9.94 Å². The molecule has 3 aromatic carbocycles. The normalized spacial score (nSPS) is 10.4. The van der Waals surface area contributed by atoms with Gasteiger partial charge in [0.05, 0.1) is 0 Å². The highest BCUT2D eigenvalue weighted by Crippen LogP contribution is 2.23. The Morgan fingerprint density at radius 2 is 1.38 bits per heavy atom. The third-order valence-corrected chi connectivity index (χ3v) is 6.28. The number of benzene rings is 3. The zero-order chi connectivity index (χ0) is 28.6. The number of carbonyl (C=O) groups excluding carboxylic acids is 3. The van der Waals surface area contributed by atoms with Crippen LogP contribution in [0.15, 0.2) is 84.9 Å². The van der Waals surface area contributed by atoms with Crippen LogP contribution in [0.4, 0.5) is 10.5 Å². The zero-order valence-electron chi connectivity index (χ0n) is 22.9. The average molecular weight is 547 g/mol. The number of nitrogens with zero attached hydrogens (tertiary/aromatic N) is 2. The van der Waals surface area contributed by atoms with Crippen LogP contribution < -0.4 is 15.5 Å². The van der Waals surface area contributed by atoms with Crippen molar-refractivity contribution in [3.63, 3.8) is 0 Å². The largest absolute Gasteiger partial charge is 0.457 e. The van der Waals surface area contributed by atoms with Crippen molar-refractivity contribution in [1.82, 2.24) is 15.3 Å². The fraction of sp³-hybridized carbons (Fsp3) is 0.323. The van der Waals surface area contributed by atoms with Gasteiger partial charge in [0.2, 0.25) is 5.91 Å². The minimum atomic E-state index is -0.680. The van der Waals surface area contributed by atoms with Gasteiger partial charge in [-0.2, -0.15) is 0 Å². The van der Waals surface area contributed by atoms with E-state index in [1.54, 1.807) is 29.7 Å². The first-order valence-electron chi connectivity index (χ1n) is 13.6. The van der Waals surface area contributed by atoms with E-state index in [-0.39, 0.29) is 19.0 Å². The van der Waals surface area contributed by atoms with E-state index in [1.807, 2.05) is 55.5 Å². The Balaban J connectivity index is 1.65. The number of hydrogen-bond acceptors (Lipinski definition) is 5. The summed E-state index contributed by atoms with van der Waals surface area (Å²) in [6.07, 6.45) is 3.95. The van der Waals surface area contributed by atoms with Crippen molar-refractivity contribution >= 4 is 23.5 Å². The molecule has 0 aromatic heterocycles. The number of anilines is 1. The van der Waals surface area contributed by atoms with E-state index in [0.717, 1.165) is 19.3 Å². The molecule has 0 unspecified atom stereocenters. The van der Waals surface area contributed by atoms with Gasteiger partial charge < -0.3 is 19.9 Å². The van der Waals surface area contributed by atoms with Gasteiger partial charge >= 0.3 is 6.03 Å². The minimum absolute atomic E-state index is 0.186. The molecule has 0 aliphatic heterocycles. The molecule has 9 nitrogen and oxygen atoms in total. The van der Waals surface area contributed by atoms with E-state index in [1.165, 1.54) is 15.4 Å². The Hall–Kier alpha value is -4.37. The molecule has 0 atom stereocenters. The predicted molar refractivity (Wildman–Crippen MR) is 154 cm³/mol. The number of unbranched alkanes of at least 4 members (excludes halogenated alkanes) is 2. The molecule has 3 aromatic rings. The lowest BCUT2D eigenvalue weighted by atomic mass is 10.1. The van der Waals surface area contributed by atoms with Crippen LogP contribution in [0.1, 0.15) is 38.2 Å². The number of rotatable bonds is 15. The summed E-state index contributed by atoms with van der Waals surface area (Å²) in [5, 5.41) is 11.8. The second kappa shape index (κ2) is 16.6. The molecule has 0 spiro atoms. The van der Waals surface area contributed by atoms with E-state index in [9.17, 15) is 14.4 Å². The summed E-state index contributed by atoms with van der Waals surface area (Å²) in [5.41, 5.74) is 3.36. The fourth-order valence-electron chi connectivity index (χ4n) is 4.08. The number of para-hydroxylation sites is 1. The third kappa shape index (κ3) is 10.4. The summed E-state index contributed by atoms with van der Waals surface area (Å²) in [7, 11) is 0. The highest BCUT2D eigenvalue weighted by molar-refractivity contribution is 5.93. The summed E-state index contributed by atoms with van der Waals surface area (Å²) in [6.45, 7) is 2.25. The van der Waals surface area contributed by atoms with Gasteiger partial charge in [0.15, 0.2) is 0 Å². The van der Waals surface area contributed by atoms with Crippen molar-refractivity contribution in [2.24, 2.45) is 0 Å². The molecule has 0 aliphatic carbocycles. The third-order valence-electron chi connectivity index (χ3n) is 6.28. The number of amides is 4. The molecule has 4 amide bonds. The van der Waals surface area contributed by atoms with E-state index >= 15 is 0 Å². The second-order valence-electron chi connectivity index (χ2n) is 9.44. The predicted octanol–water partition coefficient (Wildman–Crippen LogP) is 5.47. The lowest BCUT2D eigenvalue weighted by molar-refractivity contribution is -0.139. The zero-order valence-corrected chi connectivity index (χ0v) is 22.9. The standard InChI is InChI=1S/C31H38N4O5/c1-2-3-21-34(23-29(36)33-39)30(37)24-35(22-11-10-14-25-12-6-4-7-13-25)31(38)32-26-17-19-28(20-18-26)40-27-15-8-5-9-16-27/h4-9,12-13,15-20,39H,2-3,10-11,14,21-24H2,1H3,(H,32,38)(H,33,36). The van der Waals surface area contributed by atoms with E-state index < -0.39 is 11.9 Å². The first-order chi connectivity index (χ1) is 19.5. The van der Waals surface area contributed by atoms with Crippen LogP contribution >= 0.6 is 0 Å². The van der Waals surface area contributed by atoms with E-state index in [2.05, 4.69) is 17.4 Å². The maximum absolute atomic E-state index is 13.3. The van der Waals surface area contributed by atoms with Crippen molar-refractivity contribution in [3.05, 3.63) is 90.5 Å². The quantitative estimate of drug-likeness (QED) is 0.133. The fourth-order valence-corrected chi connectivity index (χ4v) is 4.08. The van der Waals surface area contributed by atoms with Crippen LogP contribution in [0, 0.1) is 0 Å². The lowest BCUT2D eigenvalue weighted by Gasteiger charge is -2.27. The summed E-state index contributed by atoms with van der Waals surface area (Å²) < 4.78 is 5.82. The topological polar surface area (TPSA) is 111 Å². The van der Waals surface area contributed by atoms with Crippen LogP contribution in [-0.2, 0) is 16.0 Å². The van der Waals surface area contributed by atoms with Crippen LogP contribution in [0.2, 0.25) is 0 Å². The molecule has 0 bridgehead atoms. The van der Waals surface area contributed by atoms with Crippen molar-refractivity contribution in [2.45, 2.75) is 39.0 Å². The van der Waals surface area contributed by atoms with Gasteiger partial charge in [-0.15, -0.1) is 0 Å². The number of nitrogens with one attached hydrogen (secondary N) is 2. The molecule has 3 N–H and O–H groups in total. The van der Waals surface area contributed by atoms with Crippen LogP contribution in [0.5, 0.6) is 11.5 Å². The monoisotopic (exact) mass is 546 g/mol. The highest BCUT2D eigenvalue weighted by Gasteiger charge is 2.23. The minimum Gasteiger partial charge on any atom is -0.457 e. The van der Waals surface area contributed by atoms with Crippen molar-refractivity contribution in [2.75, 3.05) is 31.5 Å². The first kappa shape index (κ1) is 30.2. The summed E-state index contributed by atoms with van der Waals surface area (Å²) in [5.74, 6) is 0.302. The Kier molecular flexibility index (Phi) is 12.5. The average Bonchev–Trinajstić information content (AvgIpc) is 2.98. The highest BCUT2D eigenvalue weighted by atomic mass is 16.5. The van der Waals surface area contributed by atoms with Crippen LogP contribution in [0.25, 0.3) is 0 Å². The van der Waals surface area contributed by atoms with Gasteiger partial charge in [0, 0.05) is 18.8 Å². The summed E-state index contributed by atoms with van der Waals surface area (Å²) in [4.78, 5) is 41.1. The molecule has 0 aliphatic rings. The number of carbonyl (C=O) groups is 3. The molecule has 9 heteroatoms. The number of aryl methyl sites for hydroxylation is 1. The second-order valence-corrected chi connectivity index (χ2v) is 9.44. The van der Waals surface area contributed by atoms with Gasteiger partial charge in [-0.3, -0.25) is 14.8 Å². The van der Waals surface area contributed by atoms with E-state index in [0.29, 0.717) is 43.1 Å². The summed E-state index contributed by atoms with van der Waals surface area (Å²) >= 11 is 0. The molecule has 0 saturated heterocycles. The maximum atomic E-state index is 13.3. The molecule has 40 heavy (non-hydrogen) atoms. The van der Waals surface area contributed by atoms with Gasteiger partial charge in [0.1, 0.15) is 24.6 Å². The molecule has 0 heterocycles. The Labute approximate surface area is 235 Å². The van der Waals surface area contributed by atoms with Crippen LogP contribution in [-0.4, -0.2) is 59.0 Å². The van der Waals surface area contributed by atoms with Crippen molar-refractivity contribution in [1.29, 1.82) is 0 Å². The first-order valence-corrected chi connectivity index (χ1v) is 13.6. The van der Waals surface area contributed by atoms with Gasteiger partial charge in [0.25, 0.3) is 5.91 Å².